The van der Waals surface area contributed by atoms with Crippen LogP contribution in [0.5, 0.6) is 0 Å². The minimum absolute atomic E-state index is 0.168. The Labute approximate surface area is 99.8 Å². The van der Waals surface area contributed by atoms with E-state index in [1.54, 1.807) is 0 Å². The molecule has 0 unspecified atom stereocenters. The van der Waals surface area contributed by atoms with E-state index in [-0.39, 0.29) is 5.60 Å². The van der Waals surface area contributed by atoms with Crippen LogP contribution in [0.25, 0.3) is 0 Å². The molecule has 0 heterocycles. The van der Waals surface area contributed by atoms with Crippen LogP contribution in [0.1, 0.15) is 51.2 Å². The summed E-state index contributed by atoms with van der Waals surface area (Å²) in [6.07, 6.45) is 3.66. The summed E-state index contributed by atoms with van der Waals surface area (Å²) in [5, 5.41) is 0. The van der Waals surface area contributed by atoms with Crippen LogP contribution in [0.15, 0.2) is 24.3 Å². The second kappa shape index (κ2) is 6.05. The van der Waals surface area contributed by atoms with Crippen molar-refractivity contribution in [3.63, 3.8) is 0 Å². The lowest BCUT2D eigenvalue weighted by Crippen LogP contribution is -2.23. The molecule has 0 spiro atoms. The fourth-order valence-corrected chi connectivity index (χ4v) is 2.01. The molecular formula is C15H24O. The van der Waals surface area contributed by atoms with Crippen molar-refractivity contribution < 1.29 is 4.74 Å². The third-order valence-electron chi connectivity index (χ3n) is 3.00. The van der Waals surface area contributed by atoms with Crippen molar-refractivity contribution in [3.8, 4) is 0 Å². The van der Waals surface area contributed by atoms with Crippen molar-refractivity contribution in [1.82, 2.24) is 0 Å². The van der Waals surface area contributed by atoms with Gasteiger partial charge in [-0.3, -0.25) is 0 Å². The zero-order valence-electron chi connectivity index (χ0n) is 11.0. The van der Waals surface area contributed by atoms with Gasteiger partial charge in [0.1, 0.15) is 0 Å². The second-order valence-corrected chi connectivity index (χ2v) is 4.88. The summed E-state index contributed by atoms with van der Waals surface area (Å²) < 4.78 is 6.00. The third kappa shape index (κ3) is 3.64. The molecule has 0 N–H and O–H groups in total. The lowest BCUT2D eigenvalue weighted by molar-refractivity contribution is -0.0237. The largest absolute Gasteiger partial charge is 0.371 e. The van der Waals surface area contributed by atoms with Crippen LogP contribution < -0.4 is 0 Å². The first-order valence-corrected chi connectivity index (χ1v) is 6.28. The molecule has 1 heteroatoms. The van der Waals surface area contributed by atoms with E-state index in [0.717, 1.165) is 13.0 Å². The van der Waals surface area contributed by atoms with Gasteiger partial charge in [-0.1, -0.05) is 44.0 Å². The standard InChI is InChI=1S/C15H24O/c1-5-6-9-12-16-15(3,4)14-11-8-7-10-13(14)2/h7-8,10-11H,5-6,9,12H2,1-4H3. The molecular weight excluding hydrogens is 196 g/mol. The van der Waals surface area contributed by atoms with Crippen LogP contribution in [0.3, 0.4) is 0 Å². The number of rotatable bonds is 6. The molecule has 1 rings (SSSR count). The Hall–Kier alpha value is -0.820. The molecule has 1 nitrogen and oxygen atoms in total. The Morgan fingerprint density at radius 2 is 1.81 bits per heavy atom. The van der Waals surface area contributed by atoms with Crippen LogP contribution in [0, 0.1) is 6.92 Å². The number of hydrogen-bond donors (Lipinski definition) is 0. The summed E-state index contributed by atoms with van der Waals surface area (Å²) in [5.41, 5.74) is 2.44. The third-order valence-corrected chi connectivity index (χ3v) is 3.00. The van der Waals surface area contributed by atoms with Crippen molar-refractivity contribution in [2.45, 2.75) is 52.6 Å². The first-order valence-electron chi connectivity index (χ1n) is 6.28. The first-order chi connectivity index (χ1) is 7.58. The Bertz CT molecular complexity index is 315. The molecule has 0 aliphatic heterocycles. The minimum Gasteiger partial charge on any atom is -0.371 e. The average molecular weight is 220 g/mol. The quantitative estimate of drug-likeness (QED) is 0.644. The van der Waals surface area contributed by atoms with E-state index in [1.165, 1.54) is 24.0 Å². The van der Waals surface area contributed by atoms with E-state index in [0.29, 0.717) is 0 Å². The zero-order valence-corrected chi connectivity index (χ0v) is 11.0. The van der Waals surface area contributed by atoms with Crippen LogP contribution >= 0.6 is 0 Å². The molecule has 1 aromatic rings. The van der Waals surface area contributed by atoms with E-state index < -0.39 is 0 Å². The topological polar surface area (TPSA) is 9.23 Å². The molecule has 0 aliphatic carbocycles. The van der Waals surface area contributed by atoms with Crippen LogP contribution in [0.2, 0.25) is 0 Å². The molecule has 1 aromatic carbocycles. The van der Waals surface area contributed by atoms with Gasteiger partial charge in [0.15, 0.2) is 0 Å². The van der Waals surface area contributed by atoms with Crippen molar-refractivity contribution in [3.05, 3.63) is 35.4 Å². The highest BCUT2D eigenvalue weighted by Crippen LogP contribution is 2.27. The lowest BCUT2D eigenvalue weighted by Gasteiger charge is -2.27. The van der Waals surface area contributed by atoms with Gasteiger partial charge in [0.2, 0.25) is 0 Å². The van der Waals surface area contributed by atoms with Gasteiger partial charge >= 0.3 is 0 Å². The maximum Gasteiger partial charge on any atom is 0.0877 e. The van der Waals surface area contributed by atoms with Crippen LogP contribution in [-0.2, 0) is 10.3 Å². The average Bonchev–Trinajstić information content (AvgIpc) is 2.25. The Morgan fingerprint density at radius 3 is 2.44 bits per heavy atom. The van der Waals surface area contributed by atoms with Crippen LogP contribution in [-0.4, -0.2) is 6.61 Å². The van der Waals surface area contributed by atoms with E-state index in [9.17, 15) is 0 Å². The molecule has 0 saturated heterocycles. The smallest absolute Gasteiger partial charge is 0.0877 e. The van der Waals surface area contributed by atoms with E-state index in [2.05, 4.69) is 52.0 Å². The summed E-state index contributed by atoms with van der Waals surface area (Å²) in [5.74, 6) is 0. The highest BCUT2D eigenvalue weighted by Gasteiger charge is 2.22. The van der Waals surface area contributed by atoms with Gasteiger partial charge in [0, 0.05) is 6.61 Å². The summed E-state index contributed by atoms with van der Waals surface area (Å²) in [7, 11) is 0. The van der Waals surface area contributed by atoms with Gasteiger partial charge in [-0.05, 0) is 38.3 Å². The SMILES string of the molecule is CCCCCOC(C)(C)c1ccccc1C. The number of benzene rings is 1. The molecule has 0 aliphatic rings. The lowest BCUT2D eigenvalue weighted by atomic mass is 9.93. The summed E-state index contributed by atoms with van der Waals surface area (Å²) in [6.45, 7) is 9.52. The molecule has 0 bridgehead atoms. The van der Waals surface area contributed by atoms with Gasteiger partial charge < -0.3 is 4.74 Å². The van der Waals surface area contributed by atoms with Gasteiger partial charge in [-0.25, -0.2) is 0 Å². The second-order valence-electron chi connectivity index (χ2n) is 4.88. The van der Waals surface area contributed by atoms with Crippen molar-refractivity contribution >= 4 is 0 Å². The minimum atomic E-state index is -0.168. The summed E-state index contributed by atoms with van der Waals surface area (Å²) in [4.78, 5) is 0. The van der Waals surface area contributed by atoms with E-state index in [4.69, 9.17) is 4.74 Å². The summed E-state index contributed by atoms with van der Waals surface area (Å²) >= 11 is 0. The number of unbranched alkanes of at least 4 members (excludes halogenated alkanes) is 2. The van der Waals surface area contributed by atoms with Gasteiger partial charge in [0.25, 0.3) is 0 Å². The van der Waals surface area contributed by atoms with Crippen molar-refractivity contribution in [1.29, 1.82) is 0 Å². The Balaban J connectivity index is 2.59. The Kier molecular flexibility index (Phi) is 5.01. The summed E-state index contributed by atoms with van der Waals surface area (Å²) in [6, 6.07) is 8.47. The molecule has 0 amide bonds. The highest BCUT2D eigenvalue weighted by molar-refractivity contribution is 5.30. The van der Waals surface area contributed by atoms with Crippen LogP contribution in [0.4, 0.5) is 0 Å². The maximum atomic E-state index is 6.00. The maximum absolute atomic E-state index is 6.00. The van der Waals surface area contributed by atoms with Gasteiger partial charge in [0.05, 0.1) is 5.60 Å². The molecule has 0 atom stereocenters. The molecule has 0 saturated carbocycles. The monoisotopic (exact) mass is 220 g/mol. The number of ether oxygens (including phenoxy) is 1. The van der Waals surface area contributed by atoms with E-state index >= 15 is 0 Å². The first kappa shape index (κ1) is 13.2. The van der Waals surface area contributed by atoms with Gasteiger partial charge in [-0.2, -0.15) is 0 Å². The molecule has 90 valence electrons. The van der Waals surface area contributed by atoms with Crippen molar-refractivity contribution in [2.24, 2.45) is 0 Å². The normalized spacial score (nSPS) is 11.8. The molecule has 16 heavy (non-hydrogen) atoms. The predicted octanol–water partition coefficient (Wildman–Crippen LogP) is 4.44. The van der Waals surface area contributed by atoms with E-state index in [1.807, 2.05) is 0 Å². The highest BCUT2D eigenvalue weighted by atomic mass is 16.5. The fourth-order valence-electron chi connectivity index (χ4n) is 2.01. The molecule has 0 radical (unpaired) electrons. The number of aryl methyl sites for hydroxylation is 1. The zero-order chi connectivity index (χ0) is 12.0. The predicted molar refractivity (Wildman–Crippen MR) is 69.7 cm³/mol. The fraction of sp³-hybridized carbons (Fsp3) is 0.600. The Morgan fingerprint density at radius 1 is 1.12 bits per heavy atom. The van der Waals surface area contributed by atoms with Crippen molar-refractivity contribution in [2.75, 3.05) is 6.61 Å². The molecule has 0 aromatic heterocycles. The van der Waals surface area contributed by atoms with Gasteiger partial charge in [-0.15, -0.1) is 0 Å². The number of hydrogen-bond acceptors (Lipinski definition) is 1. The molecule has 0 fully saturated rings.